The van der Waals surface area contributed by atoms with Gasteiger partial charge >= 0.3 is 0 Å². The summed E-state index contributed by atoms with van der Waals surface area (Å²) in [5, 5.41) is 0. The minimum Gasteiger partial charge on any atom is -0.399 e. The van der Waals surface area contributed by atoms with Gasteiger partial charge in [0.05, 0.1) is 6.17 Å². The van der Waals surface area contributed by atoms with E-state index in [0.29, 0.717) is 5.92 Å². The van der Waals surface area contributed by atoms with Gasteiger partial charge in [-0.15, -0.1) is 0 Å². The predicted molar refractivity (Wildman–Crippen MR) is 75.9 cm³/mol. The Morgan fingerprint density at radius 3 is 2.33 bits per heavy atom. The van der Waals surface area contributed by atoms with Crippen LogP contribution >= 0.6 is 0 Å². The van der Waals surface area contributed by atoms with Gasteiger partial charge in [-0.25, -0.2) is 0 Å². The molecule has 2 rings (SSSR count). The fourth-order valence-electron chi connectivity index (χ4n) is 2.54. The van der Waals surface area contributed by atoms with E-state index in [4.69, 9.17) is 17.2 Å². The second kappa shape index (κ2) is 6.18. The molecule has 0 aromatic heterocycles. The highest BCUT2D eigenvalue weighted by atomic mass is 15.2. The minimum atomic E-state index is 0.104. The number of piperidine rings is 1. The molecule has 1 aromatic rings. The maximum Gasteiger partial charge on any atom is 0.0613 e. The SMILES string of the molecule is NCC1CCN(C(N)Cc2ccc(N)cc2)CC1. The van der Waals surface area contributed by atoms with Crippen LogP contribution in [0.3, 0.4) is 0 Å². The van der Waals surface area contributed by atoms with Crippen molar-refractivity contribution in [2.45, 2.75) is 25.4 Å². The molecule has 1 unspecified atom stereocenters. The van der Waals surface area contributed by atoms with Crippen LogP contribution in [-0.4, -0.2) is 30.7 Å². The van der Waals surface area contributed by atoms with Gasteiger partial charge in [-0.3, -0.25) is 4.90 Å². The van der Waals surface area contributed by atoms with Crippen LogP contribution in [0.25, 0.3) is 0 Å². The molecule has 0 radical (unpaired) electrons. The molecule has 1 heterocycles. The monoisotopic (exact) mass is 248 g/mol. The van der Waals surface area contributed by atoms with Crippen LogP contribution in [0, 0.1) is 5.92 Å². The van der Waals surface area contributed by atoms with Crippen LogP contribution in [0.4, 0.5) is 5.69 Å². The molecular weight excluding hydrogens is 224 g/mol. The number of benzene rings is 1. The minimum absolute atomic E-state index is 0.104. The van der Waals surface area contributed by atoms with Gasteiger partial charge in [-0.05, 0) is 56.1 Å². The van der Waals surface area contributed by atoms with Crippen molar-refractivity contribution in [2.75, 3.05) is 25.4 Å². The molecule has 18 heavy (non-hydrogen) atoms. The Morgan fingerprint density at radius 1 is 1.17 bits per heavy atom. The first-order valence-corrected chi connectivity index (χ1v) is 6.73. The Morgan fingerprint density at radius 2 is 1.78 bits per heavy atom. The fraction of sp³-hybridized carbons (Fsp3) is 0.571. The summed E-state index contributed by atoms with van der Waals surface area (Å²) in [6.07, 6.45) is 3.33. The molecule has 0 bridgehead atoms. The first-order valence-electron chi connectivity index (χ1n) is 6.73. The first-order chi connectivity index (χ1) is 8.69. The van der Waals surface area contributed by atoms with Crippen LogP contribution in [0.2, 0.25) is 0 Å². The van der Waals surface area contributed by atoms with E-state index in [-0.39, 0.29) is 6.17 Å². The third kappa shape index (κ3) is 3.45. The molecule has 0 saturated carbocycles. The molecule has 4 nitrogen and oxygen atoms in total. The third-order valence-corrected chi connectivity index (χ3v) is 3.88. The first kappa shape index (κ1) is 13.3. The highest BCUT2D eigenvalue weighted by Crippen LogP contribution is 2.18. The number of likely N-dealkylation sites (tertiary alicyclic amines) is 1. The van der Waals surface area contributed by atoms with E-state index < -0.39 is 0 Å². The van der Waals surface area contributed by atoms with Crippen molar-refractivity contribution in [3.8, 4) is 0 Å². The summed E-state index contributed by atoms with van der Waals surface area (Å²) in [6, 6.07) is 7.98. The summed E-state index contributed by atoms with van der Waals surface area (Å²) in [4.78, 5) is 2.36. The van der Waals surface area contributed by atoms with E-state index in [1.54, 1.807) is 0 Å². The van der Waals surface area contributed by atoms with Gasteiger partial charge in [0.15, 0.2) is 0 Å². The third-order valence-electron chi connectivity index (χ3n) is 3.88. The highest BCUT2D eigenvalue weighted by molar-refractivity contribution is 5.39. The van der Waals surface area contributed by atoms with Crippen LogP contribution in [0.1, 0.15) is 18.4 Å². The average molecular weight is 248 g/mol. The van der Waals surface area contributed by atoms with E-state index in [9.17, 15) is 0 Å². The van der Waals surface area contributed by atoms with Crippen molar-refractivity contribution >= 4 is 5.69 Å². The molecule has 0 amide bonds. The lowest BCUT2D eigenvalue weighted by Gasteiger charge is -2.35. The largest absolute Gasteiger partial charge is 0.399 e. The summed E-state index contributed by atoms with van der Waals surface area (Å²) in [5.74, 6) is 0.685. The van der Waals surface area contributed by atoms with E-state index in [2.05, 4.69) is 17.0 Å². The van der Waals surface area contributed by atoms with E-state index in [0.717, 1.165) is 31.7 Å². The Hall–Kier alpha value is -1.10. The molecule has 0 aliphatic carbocycles. The maximum absolute atomic E-state index is 6.27. The van der Waals surface area contributed by atoms with Gasteiger partial charge < -0.3 is 17.2 Å². The molecule has 1 aliphatic heterocycles. The van der Waals surface area contributed by atoms with Crippen LogP contribution in [0.5, 0.6) is 0 Å². The van der Waals surface area contributed by atoms with Gasteiger partial charge in [0, 0.05) is 12.1 Å². The Bertz CT molecular complexity index is 355. The van der Waals surface area contributed by atoms with Gasteiger partial charge in [0.2, 0.25) is 0 Å². The number of anilines is 1. The van der Waals surface area contributed by atoms with Gasteiger partial charge in [-0.1, -0.05) is 12.1 Å². The topological polar surface area (TPSA) is 81.3 Å². The second-order valence-corrected chi connectivity index (χ2v) is 5.23. The van der Waals surface area contributed by atoms with Gasteiger partial charge in [0.1, 0.15) is 0 Å². The summed E-state index contributed by atoms with van der Waals surface area (Å²) in [6.45, 7) is 2.94. The van der Waals surface area contributed by atoms with Crippen molar-refractivity contribution in [1.82, 2.24) is 4.90 Å². The molecule has 4 heteroatoms. The summed E-state index contributed by atoms with van der Waals surface area (Å²) in [7, 11) is 0. The van der Waals surface area contributed by atoms with Crippen molar-refractivity contribution < 1.29 is 0 Å². The Labute approximate surface area is 109 Å². The summed E-state index contributed by atoms with van der Waals surface area (Å²) >= 11 is 0. The van der Waals surface area contributed by atoms with Gasteiger partial charge in [-0.2, -0.15) is 0 Å². The zero-order valence-corrected chi connectivity index (χ0v) is 10.9. The standard InChI is InChI=1S/C14H24N4/c15-10-12-5-7-18(8-6-12)14(17)9-11-1-3-13(16)4-2-11/h1-4,12,14H,5-10,15-17H2. The predicted octanol–water partition coefficient (Wildman–Crippen LogP) is 0.767. The summed E-state index contributed by atoms with van der Waals surface area (Å²) in [5.41, 5.74) is 19.7. The normalized spacial score (nSPS) is 19.9. The molecule has 1 aliphatic rings. The smallest absolute Gasteiger partial charge is 0.0613 e. The molecule has 6 N–H and O–H groups in total. The van der Waals surface area contributed by atoms with Crippen LogP contribution in [-0.2, 0) is 6.42 Å². The number of nitrogen functional groups attached to an aromatic ring is 1. The highest BCUT2D eigenvalue weighted by Gasteiger charge is 2.22. The molecule has 0 spiro atoms. The molecular formula is C14H24N4. The van der Waals surface area contributed by atoms with Crippen molar-refractivity contribution in [2.24, 2.45) is 17.4 Å². The number of hydrogen-bond acceptors (Lipinski definition) is 4. The zero-order chi connectivity index (χ0) is 13.0. The van der Waals surface area contributed by atoms with E-state index >= 15 is 0 Å². The lowest BCUT2D eigenvalue weighted by molar-refractivity contribution is 0.136. The Kier molecular flexibility index (Phi) is 4.58. The Balaban J connectivity index is 1.85. The van der Waals surface area contributed by atoms with Gasteiger partial charge in [0.25, 0.3) is 0 Å². The number of nitrogens with zero attached hydrogens (tertiary/aromatic N) is 1. The fourth-order valence-corrected chi connectivity index (χ4v) is 2.54. The van der Waals surface area contributed by atoms with Crippen LogP contribution < -0.4 is 17.2 Å². The quantitative estimate of drug-likeness (QED) is 0.687. The molecule has 1 fully saturated rings. The second-order valence-electron chi connectivity index (χ2n) is 5.23. The molecule has 100 valence electrons. The lowest BCUT2D eigenvalue weighted by atomic mass is 9.96. The van der Waals surface area contributed by atoms with E-state index in [1.165, 1.54) is 18.4 Å². The number of nitrogens with two attached hydrogens (primary N) is 3. The molecule has 1 aromatic carbocycles. The van der Waals surface area contributed by atoms with Crippen molar-refractivity contribution in [3.63, 3.8) is 0 Å². The number of rotatable bonds is 4. The van der Waals surface area contributed by atoms with Crippen molar-refractivity contribution in [3.05, 3.63) is 29.8 Å². The zero-order valence-electron chi connectivity index (χ0n) is 10.9. The average Bonchev–Trinajstić information content (AvgIpc) is 2.41. The summed E-state index contributed by atoms with van der Waals surface area (Å²) < 4.78 is 0. The maximum atomic E-state index is 6.27. The van der Waals surface area contributed by atoms with Crippen molar-refractivity contribution in [1.29, 1.82) is 0 Å². The van der Waals surface area contributed by atoms with Crippen LogP contribution in [0.15, 0.2) is 24.3 Å². The lowest BCUT2D eigenvalue weighted by Crippen LogP contribution is -2.48. The number of hydrogen-bond donors (Lipinski definition) is 3. The molecule has 1 saturated heterocycles. The molecule has 1 atom stereocenters. The van der Waals surface area contributed by atoms with E-state index in [1.807, 2.05) is 12.1 Å².